The zero-order valence-corrected chi connectivity index (χ0v) is 25.7. The van der Waals surface area contributed by atoms with Crippen molar-refractivity contribution in [3.05, 3.63) is 5.21 Å². The molecule has 1 aliphatic heterocycles. The monoisotopic (exact) mass is 617 g/mol. The van der Waals surface area contributed by atoms with Gasteiger partial charge in [-0.3, -0.25) is 19.2 Å². The molecule has 0 bridgehead atoms. The van der Waals surface area contributed by atoms with Crippen molar-refractivity contribution >= 4 is 41.6 Å². The molecule has 0 spiro atoms. The first kappa shape index (κ1) is 37.6. The van der Waals surface area contributed by atoms with Crippen LogP contribution in [0.3, 0.4) is 0 Å². The first-order chi connectivity index (χ1) is 20.0. The predicted octanol–water partition coefficient (Wildman–Crippen LogP) is 1.52. The quantitative estimate of drug-likeness (QED) is 0.0548. The van der Waals surface area contributed by atoms with E-state index in [4.69, 9.17) is 19.0 Å². The van der Waals surface area contributed by atoms with Gasteiger partial charge in [0.05, 0.1) is 18.4 Å². The number of carbonyl (C=O) groups is 6. The molecule has 0 aromatic carbocycles. The lowest BCUT2D eigenvalue weighted by Crippen LogP contribution is -3.09. The number of quaternary nitrogens is 1. The molecule has 244 valence electrons. The van der Waals surface area contributed by atoms with Crippen molar-refractivity contribution in [3.8, 4) is 0 Å². The van der Waals surface area contributed by atoms with Crippen LogP contribution in [0.5, 0.6) is 0 Å². The van der Waals surface area contributed by atoms with Crippen LogP contribution in [0.15, 0.2) is 0 Å². The third kappa shape index (κ3) is 16.1. The molecule has 1 fully saturated rings. The van der Waals surface area contributed by atoms with E-state index in [2.05, 4.69) is 4.84 Å². The summed E-state index contributed by atoms with van der Waals surface area (Å²) in [6, 6.07) is 0. The molecular weight excluding hydrogens is 572 g/mol. The number of nitrogens with one attached hydrogen (secondary N) is 1. The molecule has 1 unspecified atom stereocenters. The molecule has 1 heterocycles. The van der Waals surface area contributed by atoms with E-state index in [-0.39, 0.29) is 64.1 Å². The topological polar surface area (TPSA) is 201 Å². The zero-order valence-electron chi connectivity index (χ0n) is 25.7. The number of esters is 2. The van der Waals surface area contributed by atoms with Crippen molar-refractivity contribution in [2.75, 3.05) is 13.2 Å². The molecule has 15 heteroatoms. The Morgan fingerprint density at radius 3 is 1.84 bits per heavy atom. The van der Waals surface area contributed by atoms with Gasteiger partial charge in [0.1, 0.15) is 18.6 Å². The maximum absolute atomic E-state index is 12.1. The fourth-order valence-corrected chi connectivity index (χ4v) is 3.89. The summed E-state index contributed by atoms with van der Waals surface area (Å²) in [6.45, 7) is 8.57. The maximum Gasteiger partial charge on any atom is 0.482 e. The summed E-state index contributed by atoms with van der Waals surface area (Å²) >= 11 is 0. The summed E-state index contributed by atoms with van der Waals surface area (Å²) in [5.74, 6) is -4.13. The number of unbranched alkanes of at least 4 members (excludes halogenated alkanes) is 2. The maximum atomic E-state index is 12.1. The van der Waals surface area contributed by atoms with Gasteiger partial charge in [-0.25, -0.2) is 14.4 Å². The summed E-state index contributed by atoms with van der Waals surface area (Å²) in [4.78, 5) is 89.3. The summed E-state index contributed by atoms with van der Waals surface area (Å²) in [5, 5.41) is 10.8. The second kappa shape index (κ2) is 18.3. The standard InChI is InChI=1S/C28H44N2O13/c1-6-11-22(33)30(38)42-26(37)15-10-8-13-24(35)40-19-28(4,5)43-27(2,3)18-39-23(34)12-7-9-14-25(36)41-29-20(31)16-17-21(29)32/h30H,6-19H2,1-5H3/p+1. The molecule has 0 aromatic heterocycles. The highest BCUT2D eigenvalue weighted by atomic mass is 16.9. The van der Waals surface area contributed by atoms with E-state index in [1.165, 1.54) is 0 Å². The van der Waals surface area contributed by atoms with Crippen LogP contribution in [0.25, 0.3) is 0 Å². The number of imide groups is 1. The minimum atomic E-state index is -1.16. The Morgan fingerprint density at radius 2 is 1.28 bits per heavy atom. The molecule has 2 N–H and O–H groups in total. The molecule has 0 aromatic rings. The van der Waals surface area contributed by atoms with Crippen molar-refractivity contribution in [3.63, 3.8) is 0 Å². The molecule has 43 heavy (non-hydrogen) atoms. The smallest absolute Gasteiger partial charge is 0.482 e. The summed E-state index contributed by atoms with van der Waals surface area (Å²) in [6.07, 6.45) is 1.89. The van der Waals surface area contributed by atoms with Crippen molar-refractivity contribution in [1.29, 1.82) is 0 Å². The highest BCUT2D eigenvalue weighted by Crippen LogP contribution is 2.22. The number of hydroxylamine groups is 4. The Kier molecular flexibility index (Phi) is 16.0. The molecule has 1 aliphatic rings. The average molecular weight is 618 g/mol. The largest absolute Gasteiger partial charge is 0.583 e. The Labute approximate surface area is 250 Å². The van der Waals surface area contributed by atoms with E-state index < -0.39 is 52.1 Å². The van der Waals surface area contributed by atoms with Gasteiger partial charge in [0.15, 0.2) is 0 Å². The van der Waals surface area contributed by atoms with Crippen LogP contribution >= 0.6 is 0 Å². The molecule has 1 saturated heterocycles. The number of nitrogens with zero attached hydrogens (tertiary/aromatic N) is 1. The van der Waals surface area contributed by atoms with E-state index in [0.717, 1.165) is 0 Å². The molecule has 15 nitrogen and oxygen atoms in total. The first-order valence-corrected chi connectivity index (χ1v) is 14.4. The molecule has 0 saturated carbocycles. The Bertz CT molecular complexity index is 993. The average Bonchev–Trinajstić information content (AvgIpc) is 3.23. The molecule has 1 atom stereocenters. The number of amides is 3. The zero-order chi connectivity index (χ0) is 32.6. The van der Waals surface area contributed by atoms with Crippen LogP contribution in [0.2, 0.25) is 0 Å². The number of carbonyl (C=O) groups excluding carboxylic acids is 7. The fraction of sp³-hybridized carbons (Fsp3) is 0.750. The lowest BCUT2D eigenvalue weighted by atomic mass is 10.1. The third-order valence-electron chi connectivity index (χ3n) is 5.86. The minimum Gasteiger partial charge on any atom is -0.583 e. The van der Waals surface area contributed by atoms with Gasteiger partial charge < -0.3 is 29.0 Å². The normalized spacial score (nSPS) is 14.3. The summed E-state index contributed by atoms with van der Waals surface area (Å²) < 4.78 is 16.7. The van der Waals surface area contributed by atoms with Crippen LogP contribution in [0.1, 0.15) is 112 Å². The lowest BCUT2D eigenvalue weighted by Gasteiger charge is -2.33. The fourth-order valence-electron chi connectivity index (χ4n) is 3.89. The molecule has 0 aliphatic carbocycles. The first-order valence-electron chi connectivity index (χ1n) is 14.4. The summed E-state index contributed by atoms with van der Waals surface area (Å²) in [5.41, 5.74) is -1.77. The highest BCUT2D eigenvalue weighted by molar-refractivity contribution is 6.01. The number of ether oxygens (including phenoxy) is 3. The number of hydrogen-bond donors (Lipinski definition) is 1. The Balaban J connectivity index is 2.23. The van der Waals surface area contributed by atoms with Crippen LogP contribution in [-0.2, 0) is 52.7 Å². The van der Waals surface area contributed by atoms with Gasteiger partial charge >= 0.3 is 29.8 Å². The number of hydrogen-bond acceptors (Lipinski definition) is 12. The van der Waals surface area contributed by atoms with Crippen LogP contribution in [0.4, 0.5) is 0 Å². The van der Waals surface area contributed by atoms with Gasteiger partial charge in [-0.2, -0.15) is 0 Å². The van der Waals surface area contributed by atoms with E-state index in [1.807, 2.05) is 0 Å². The van der Waals surface area contributed by atoms with E-state index in [9.17, 15) is 38.8 Å². The minimum absolute atomic E-state index is 0.0147. The second-order valence-electron chi connectivity index (χ2n) is 11.4. The molecule has 0 radical (unpaired) electrons. The van der Waals surface area contributed by atoms with Gasteiger partial charge in [-0.15, -0.1) is 10.3 Å². The van der Waals surface area contributed by atoms with Gasteiger partial charge in [0, 0.05) is 25.7 Å². The number of rotatable bonds is 19. The van der Waals surface area contributed by atoms with Crippen LogP contribution in [0, 0.1) is 5.21 Å². The van der Waals surface area contributed by atoms with Gasteiger partial charge in [0.25, 0.3) is 11.8 Å². The van der Waals surface area contributed by atoms with Crippen molar-refractivity contribution < 1.29 is 62.7 Å². The van der Waals surface area contributed by atoms with Gasteiger partial charge in [0.2, 0.25) is 6.61 Å². The Morgan fingerprint density at radius 1 is 0.791 bits per heavy atom. The SMILES string of the molecule is CCCC(=O)[NH+]([O-])OC(=O)CCCCC(=[OH+])OCC(C)(C)OC(C)(C)COC(=O)CCCCC(=O)ON1C(=O)CCC1=O. The molecular formula is C28H45N2O13+. The van der Waals surface area contributed by atoms with Crippen molar-refractivity contribution in [2.24, 2.45) is 0 Å². The predicted molar refractivity (Wildman–Crippen MR) is 148 cm³/mol. The van der Waals surface area contributed by atoms with Crippen molar-refractivity contribution in [2.45, 2.75) is 123 Å². The highest BCUT2D eigenvalue weighted by Gasteiger charge is 2.35. The molecule has 1 rings (SSSR count). The van der Waals surface area contributed by atoms with E-state index in [0.29, 0.717) is 37.2 Å². The second-order valence-corrected chi connectivity index (χ2v) is 11.4. The van der Waals surface area contributed by atoms with Crippen molar-refractivity contribution in [1.82, 2.24) is 5.06 Å². The van der Waals surface area contributed by atoms with E-state index in [1.54, 1.807) is 34.6 Å². The summed E-state index contributed by atoms with van der Waals surface area (Å²) in [7, 11) is 0. The van der Waals surface area contributed by atoms with E-state index >= 15 is 0 Å². The third-order valence-corrected chi connectivity index (χ3v) is 5.86. The van der Waals surface area contributed by atoms with Gasteiger partial charge in [-0.05, 0) is 59.8 Å². The molecule has 3 amide bonds. The van der Waals surface area contributed by atoms with Crippen LogP contribution < -0.4 is 5.23 Å². The van der Waals surface area contributed by atoms with Gasteiger partial charge in [-0.1, -0.05) is 6.92 Å². The van der Waals surface area contributed by atoms with Crippen LogP contribution in [-0.4, -0.2) is 75.9 Å². The Hall–Kier alpha value is -3.43. The lowest BCUT2D eigenvalue weighted by molar-refractivity contribution is -0.964.